The number of benzene rings is 1. The van der Waals surface area contributed by atoms with Crippen LogP contribution in [0.4, 0.5) is 4.39 Å². The van der Waals surface area contributed by atoms with Crippen LogP contribution in [0, 0.1) is 5.82 Å². The summed E-state index contributed by atoms with van der Waals surface area (Å²) in [5.74, 6) is -0.239. The summed E-state index contributed by atoms with van der Waals surface area (Å²) in [6.07, 6.45) is 7.58. The Labute approximate surface area is 158 Å². The van der Waals surface area contributed by atoms with E-state index in [0.717, 1.165) is 37.4 Å². The summed E-state index contributed by atoms with van der Waals surface area (Å²) in [5, 5.41) is 7.89. The highest BCUT2D eigenvalue weighted by molar-refractivity contribution is 5.85. The maximum absolute atomic E-state index is 13.1. The van der Waals surface area contributed by atoms with Crippen LogP contribution in [0.3, 0.4) is 0 Å². The Kier molecular flexibility index (Phi) is 5.98. The van der Waals surface area contributed by atoms with Crippen molar-refractivity contribution in [1.29, 1.82) is 0 Å². The monoisotopic (exact) mass is 373 g/mol. The molecular weight excluding hydrogens is 353 g/mol. The van der Waals surface area contributed by atoms with E-state index in [1.165, 1.54) is 17.7 Å². The van der Waals surface area contributed by atoms with Crippen molar-refractivity contribution >= 4 is 12.4 Å². The quantitative estimate of drug-likeness (QED) is 0.763. The Morgan fingerprint density at radius 2 is 1.88 bits per heavy atom. The van der Waals surface area contributed by atoms with Crippen molar-refractivity contribution < 1.29 is 4.39 Å². The van der Waals surface area contributed by atoms with Gasteiger partial charge in [0.2, 0.25) is 0 Å². The molecule has 1 unspecified atom stereocenters. The fourth-order valence-electron chi connectivity index (χ4n) is 3.26. The highest BCUT2D eigenvalue weighted by Crippen LogP contribution is 2.23. The smallest absolute Gasteiger partial charge is 0.123 e. The zero-order chi connectivity index (χ0) is 17.1. The number of hydrogen-bond acceptors (Lipinski definition) is 4. The normalized spacial score (nSPS) is 17.7. The Balaban J connectivity index is 0.00000196. The Morgan fingerprint density at radius 3 is 2.65 bits per heavy atom. The molecule has 1 atom stereocenters. The predicted octanol–water partition coefficient (Wildman–Crippen LogP) is 2.97. The molecule has 0 radical (unpaired) electrons. The molecule has 1 aliphatic rings. The van der Waals surface area contributed by atoms with E-state index in [1.807, 2.05) is 24.8 Å². The van der Waals surface area contributed by atoms with Gasteiger partial charge in [0.15, 0.2) is 0 Å². The lowest BCUT2D eigenvalue weighted by molar-refractivity contribution is 0.153. The highest BCUT2D eigenvalue weighted by Gasteiger charge is 2.24. The molecule has 0 spiro atoms. The summed E-state index contributed by atoms with van der Waals surface area (Å²) in [5.41, 5.74) is 3.28. The van der Waals surface area contributed by atoms with E-state index in [-0.39, 0.29) is 18.2 Å². The molecule has 0 bridgehead atoms. The van der Waals surface area contributed by atoms with Crippen molar-refractivity contribution in [2.24, 2.45) is 0 Å². The van der Waals surface area contributed by atoms with E-state index in [4.69, 9.17) is 0 Å². The van der Waals surface area contributed by atoms with E-state index in [9.17, 15) is 4.39 Å². The van der Waals surface area contributed by atoms with E-state index >= 15 is 0 Å². The summed E-state index contributed by atoms with van der Waals surface area (Å²) in [4.78, 5) is 6.57. The minimum atomic E-state index is -0.239. The first kappa shape index (κ1) is 18.5. The van der Waals surface area contributed by atoms with Crippen molar-refractivity contribution in [3.05, 3.63) is 78.1 Å². The second-order valence-electron chi connectivity index (χ2n) is 6.24. The summed E-state index contributed by atoms with van der Waals surface area (Å²) in [7, 11) is 0. The van der Waals surface area contributed by atoms with E-state index in [1.54, 1.807) is 16.8 Å². The van der Waals surface area contributed by atoms with E-state index in [0.29, 0.717) is 6.04 Å². The number of nitrogens with one attached hydrogen (secondary N) is 1. The number of pyridine rings is 1. The van der Waals surface area contributed by atoms with Crippen molar-refractivity contribution in [1.82, 2.24) is 25.0 Å². The van der Waals surface area contributed by atoms with Gasteiger partial charge < -0.3 is 5.32 Å². The number of halogens is 2. The summed E-state index contributed by atoms with van der Waals surface area (Å²) in [6.45, 7) is 3.72. The van der Waals surface area contributed by atoms with Gasteiger partial charge in [-0.1, -0.05) is 0 Å². The molecule has 2 aromatic heterocycles. The minimum Gasteiger partial charge on any atom is -0.314 e. The lowest BCUT2D eigenvalue weighted by Gasteiger charge is -2.36. The molecule has 0 aliphatic carbocycles. The molecule has 4 rings (SSSR count). The Morgan fingerprint density at radius 1 is 1.12 bits per heavy atom. The first-order valence-corrected chi connectivity index (χ1v) is 8.44. The molecule has 1 fully saturated rings. The maximum Gasteiger partial charge on any atom is 0.123 e. The molecule has 1 aromatic carbocycles. The number of piperazine rings is 1. The van der Waals surface area contributed by atoms with Crippen LogP contribution in [0.25, 0.3) is 5.69 Å². The van der Waals surface area contributed by atoms with Crippen LogP contribution in [0.1, 0.15) is 17.2 Å². The van der Waals surface area contributed by atoms with Gasteiger partial charge in [0.05, 0.1) is 11.9 Å². The van der Waals surface area contributed by atoms with Gasteiger partial charge in [-0.25, -0.2) is 9.07 Å². The third kappa shape index (κ3) is 4.09. The molecule has 1 aliphatic heterocycles. The Bertz CT molecular complexity index is 821. The molecule has 3 aromatic rings. The molecule has 136 valence electrons. The van der Waals surface area contributed by atoms with Crippen LogP contribution >= 0.6 is 12.4 Å². The van der Waals surface area contributed by atoms with Crippen LogP contribution in [-0.4, -0.2) is 39.3 Å². The van der Waals surface area contributed by atoms with Gasteiger partial charge >= 0.3 is 0 Å². The SMILES string of the molecule is Cl.Fc1ccc(-n2cc(CN3CCNCC3c3ccncc3)cn2)cc1. The third-order valence-corrected chi connectivity index (χ3v) is 4.56. The number of aromatic nitrogens is 3. The van der Waals surface area contributed by atoms with Crippen molar-refractivity contribution in [2.45, 2.75) is 12.6 Å². The molecular formula is C19H21ClFN5. The van der Waals surface area contributed by atoms with Gasteiger partial charge in [0, 0.05) is 56.4 Å². The third-order valence-electron chi connectivity index (χ3n) is 4.56. The van der Waals surface area contributed by atoms with Crippen LogP contribution in [0.2, 0.25) is 0 Å². The largest absolute Gasteiger partial charge is 0.314 e. The summed E-state index contributed by atoms with van der Waals surface area (Å²) < 4.78 is 14.9. The molecule has 7 heteroatoms. The molecule has 0 saturated carbocycles. The van der Waals surface area contributed by atoms with Gasteiger partial charge in [0.1, 0.15) is 5.82 Å². The van der Waals surface area contributed by atoms with Crippen LogP contribution in [0.5, 0.6) is 0 Å². The molecule has 5 nitrogen and oxygen atoms in total. The van der Waals surface area contributed by atoms with Gasteiger partial charge in [-0.15, -0.1) is 12.4 Å². The second-order valence-corrected chi connectivity index (χ2v) is 6.24. The van der Waals surface area contributed by atoms with Crippen LogP contribution in [0.15, 0.2) is 61.2 Å². The van der Waals surface area contributed by atoms with Gasteiger partial charge in [-0.3, -0.25) is 9.88 Å². The zero-order valence-corrected chi connectivity index (χ0v) is 15.1. The second kappa shape index (κ2) is 8.40. The number of hydrogen-bond donors (Lipinski definition) is 1. The van der Waals surface area contributed by atoms with E-state index in [2.05, 4.69) is 32.4 Å². The summed E-state index contributed by atoms with van der Waals surface area (Å²) in [6, 6.07) is 10.8. The van der Waals surface area contributed by atoms with Gasteiger partial charge in [-0.05, 0) is 42.0 Å². The number of rotatable bonds is 4. The summed E-state index contributed by atoms with van der Waals surface area (Å²) >= 11 is 0. The predicted molar refractivity (Wildman–Crippen MR) is 101 cm³/mol. The Hall–Kier alpha value is -2.28. The van der Waals surface area contributed by atoms with Crippen molar-refractivity contribution in [2.75, 3.05) is 19.6 Å². The lowest BCUT2D eigenvalue weighted by atomic mass is 10.0. The fraction of sp³-hybridized carbons (Fsp3) is 0.263. The first-order valence-electron chi connectivity index (χ1n) is 8.44. The fourth-order valence-corrected chi connectivity index (χ4v) is 3.26. The first-order chi connectivity index (χ1) is 12.3. The van der Waals surface area contributed by atoms with Crippen molar-refractivity contribution in [3.63, 3.8) is 0 Å². The van der Waals surface area contributed by atoms with Crippen LogP contribution in [-0.2, 0) is 6.54 Å². The van der Waals surface area contributed by atoms with E-state index < -0.39 is 0 Å². The average Bonchev–Trinajstić information content (AvgIpc) is 3.12. The lowest BCUT2D eigenvalue weighted by Crippen LogP contribution is -2.45. The molecule has 0 amide bonds. The number of nitrogens with zero attached hydrogens (tertiary/aromatic N) is 4. The average molecular weight is 374 g/mol. The van der Waals surface area contributed by atoms with Crippen molar-refractivity contribution in [3.8, 4) is 5.69 Å². The highest BCUT2D eigenvalue weighted by atomic mass is 35.5. The topological polar surface area (TPSA) is 46.0 Å². The zero-order valence-electron chi connectivity index (χ0n) is 14.3. The maximum atomic E-state index is 13.1. The van der Waals surface area contributed by atoms with Gasteiger partial charge in [0.25, 0.3) is 0 Å². The molecule has 1 saturated heterocycles. The van der Waals surface area contributed by atoms with Gasteiger partial charge in [-0.2, -0.15) is 5.10 Å². The standard InChI is InChI=1S/C19H20FN5.ClH/c20-17-1-3-18(4-2-17)25-14-15(11-23-25)13-24-10-9-22-12-19(24)16-5-7-21-8-6-16;/h1-8,11,14,19,22H,9-10,12-13H2;1H. The molecule has 1 N–H and O–H groups in total. The minimum absolute atomic E-state index is 0. The van der Waals surface area contributed by atoms with Crippen LogP contribution < -0.4 is 5.32 Å². The molecule has 26 heavy (non-hydrogen) atoms. The molecule has 3 heterocycles.